The van der Waals surface area contributed by atoms with E-state index in [-0.39, 0.29) is 17.9 Å². The highest BCUT2D eigenvalue weighted by molar-refractivity contribution is 6.08. The third-order valence-corrected chi connectivity index (χ3v) is 8.13. The third-order valence-electron chi connectivity index (χ3n) is 8.13. The third kappa shape index (κ3) is 8.64. The second-order valence-corrected chi connectivity index (χ2v) is 11.9. The van der Waals surface area contributed by atoms with Crippen LogP contribution in [0.5, 0.6) is 5.75 Å². The van der Waals surface area contributed by atoms with E-state index in [1.165, 1.54) is 18.0 Å². The van der Waals surface area contributed by atoms with Crippen LogP contribution in [0.15, 0.2) is 97.3 Å². The molecule has 2 amide bonds. The molecular weight excluding hydrogens is 588 g/mol. The van der Waals surface area contributed by atoms with Crippen LogP contribution >= 0.6 is 0 Å². The number of piperidine rings is 1. The number of pyridine rings is 1. The van der Waals surface area contributed by atoms with Crippen LogP contribution in [0, 0.1) is 5.41 Å². The molecule has 0 radical (unpaired) electrons. The lowest BCUT2D eigenvalue weighted by atomic mass is 9.88. The van der Waals surface area contributed by atoms with Crippen LogP contribution in [0.25, 0.3) is 5.57 Å². The Bertz CT molecular complexity index is 1690. The van der Waals surface area contributed by atoms with Crippen LogP contribution in [0.4, 0.5) is 11.5 Å². The largest absolute Gasteiger partial charge is 0.487 e. The average molecular weight is 631 g/mol. The summed E-state index contributed by atoms with van der Waals surface area (Å²) in [6.45, 7) is 5.62. The maximum atomic E-state index is 13.7. The summed E-state index contributed by atoms with van der Waals surface area (Å²) in [7, 11) is 1.82. The number of likely N-dealkylation sites (tertiary alicyclic amines) is 1. The lowest BCUT2D eigenvalue weighted by molar-refractivity contribution is 0.0712. The van der Waals surface area contributed by atoms with E-state index in [2.05, 4.69) is 33.1 Å². The van der Waals surface area contributed by atoms with Crippen molar-refractivity contribution in [1.82, 2.24) is 15.2 Å². The van der Waals surface area contributed by atoms with Gasteiger partial charge in [0.1, 0.15) is 18.2 Å². The molecule has 2 heterocycles. The van der Waals surface area contributed by atoms with E-state index in [4.69, 9.17) is 10.1 Å². The number of nitrogens with zero attached hydrogens (tertiary/aromatic N) is 2. The number of carbonyl (C=O) groups excluding carboxylic acids is 2. The second-order valence-electron chi connectivity index (χ2n) is 11.9. The van der Waals surface area contributed by atoms with Crippen LogP contribution in [-0.2, 0) is 6.61 Å². The molecule has 0 unspecified atom stereocenters. The Morgan fingerprint density at radius 1 is 0.957 bits per heavy atom. The molecule has 0 spiro atoms. The summed E-state index contributed by atoms with van der Waals surface area (Å²) in [5, 5.41) is 16.8. The molecule has 1 saturated heterocycles. The number of rotatable bonds is 12. The molecule has 1 aliphatic heterocycles. The molecule has 1 aromatic heterocycles. The van der Waals surface area contributed by atoms with Crippen molar-refractivity contribution in [1.29, 1.82) is 5.41 Å². The highest BCUT2D eigenvalue weighted by Gasteiger charge is 2.25. The zero-order valence-corrected chi connectivity index (χ0v) is 27.1. The lowest BCUT2D eigenvalue weighted by Crippen LogP contribution is -2.38. The van der Waals surface area contributed by atoms with Crippen molar-refractivity contribution in [3.05, 3.63) is 125 Å². The number of aromatic nitrogens is 1. The normalized spacial score (nSPS) is 13.6. The minimum Gasteiger partial charge on any atom is -0.487 e. The zero-order valence-electron chi connectivity index (χ0n) is 27.1. The minimum absolute atomic E-state index is 0.0810. The summed E-state index contributed by atoms with van der Waals surface area (Å²) in [6.07, 6.45) is 6.39. The fraction of sp³-hybridized carbons (Fsp3) is 0.263. The summed E-state index contributed by atoms with van der Waals surface area (Å²) < 4.78 is 6.13. The first-order chi connectivity index (χ1) is 22.8. The summed E-state index contributed by atoms with van der Waals surface area (Å²) in [5.41, 5.74) is 5.34. The number of ether oxygens (including phenoxy) is 1. The molecule has 242 valence electrons. The van der Waals surface area contributed by atoms with Crippen LogP contribution < -0.4 is 20.7 Å². The van der Waals surface area contributed by atoms with E-state index >= 15 is 0 Å². The van der Waals surface area contributed by atoms with Gasteiger partial charge in [-0.05, 0) is 79.6 Å². The van der Waals surface area contributed by atoms with E-state index in [9.17, 15) is 9.59 Å². The van der Waals surface area contributed by atoms with Crippen molar-refractivity contribution < 1.29 is 14.3 Å². The Hall–Kier alpha value is -5.44. The summed E-state index contributed by atoms with van der Waals surface area (Å²) in [4.78, 5) is 33.2. The van der Waals surface area contributed by atoms with Gasteiger partial charge in [-0.2, -0.15) is 0 Å². The average Bonchev–Trinajstić information content (AvgIpc) is 3.10. The predicted octanol–water partition coefficient (Wildman–Crippen LogP) is 6.96. The van der Waals surface area contributed by atoms with Gasteiger partial charge in [0, 0.05) is 55.9 Å². The minimum atomic E-state index is -0.344. The van der Waals surface area contributed by atoms with Gasteiger partial charge in [-0.25, -0.2) is 4.98 Å². The molecular formula is C38H42N6O3. The van der Waals surface area contributed by atoms with Crippen LogP contribution in [0.3, 0.4) is 0 Å². The number of amides is 2. The fourth-order valence-electron chi connectivity index (χ4n) is 5.64. The quantitative estimate of drug-likeness (QED) is 0.126. The van der Waals surface area contributed by atoms with Crippen molar-refractivity contribution in [3.8, 4) is 5.75 Å². The number of allylic oxidation sites excluding steroid dienone is 1. The Morgan fingerprint density at radius 3 is 2.30 bits per heavy atom. The topological polar surface area (TPSA) is 119 Å². The van der Waals surface area contributed by atoms with E-state index < -0.39 is 0 Å². The van der Waals surface area contributed by atoms with E-state index in [1.54, 1.807) is 30.3 Å². The molecule has 0 aliphatic carbocycles. The van der Waals surface area contributed by atoms with Crippen LogP contribution in [-0.4, -0.2) is 54.1 Å². The predicted molar refractivity (Wildman–Crippen MR) is 188 cm³/mol. The van der Waals surface area contributed by atoms with Gasteiger partial charge in [0.15, 0.2) is 0 Å². The van der Waals surface area contributed by atoms with Crippen molar-refractivity contribution in [3.63, 3.8) is 0 Å². The van der Waals surface area contributed by atoms with Gasteiger partial charge < -0.3 is 31.0 Å². The monoisotopic (exact) mass is 630 g/mol. The van der Waals surface area contributed by atoms with Crippen molar-refractivity contribution in [2.75, 3.05) is 30.8 Å². The van der Waals surface area contributed by atoms with Gasteiger partial charge in [0.25, 0.3) is 11.8 Å². The van der Waals surface area contributed by atoms with Crippen LogP contribution in [0.1, 0.15) is 70.0 Å². The summed E-state index contributed by atoms with van der Waals surface area (Å²) >= 11 is 0. The van der Waals surface area contributed by atoms with E-state index in [0.717, 1.165) is 29.5 Å². The Kier molecular flexibility index (Phi) is 11.0. The van der Waals surface area contributed by atoms with E-state index in [0.29, 0.717) is 54.0 Å². The Labute approximate surface area is 276 Å². The number of hydrogen-bond donors (Lipinski definition) is 4. The van der Waals surface area contributed by atoms with Gasteiger partial charge in [0.2, 0.25) is 0 Å². The maximum absolute atomic E-state index is 13.7. The molecule has 4 aromatic rings. The van der Waals surface area contributed by atoms with Crippen molar-refractivity contribution >= 4 is 35.1 Å². The van der Waals surface area contributed by atoms with Crippen molar-refractivity contribution in [2.45, 2.75) is 45.3 Å². The number of carbonyl (C=O) groups is 2. The molecule has 47 heavy (non-hydrogen) atoms. The van der Waals surface area contributed by atoms with Gasteiger partial charge in [-0.15, -0.1) is 0 Å². The standard InChI is InChI=1S/C38H42N6O3/c1-26(2)42-36-16-14-32(24-41-36)37(45)43-34-21-31(13-15-35(34)47-25-27-7-5-4-6-8-27)38(46)44-19-17-30(18-20-44)28-9-11-29(12-10-28)33(22-39)23-40-3/h4-16,21-24,26,30,39-40H,17-20,25H2,1-3H3,(H,41,42)(H,43,45)/b33-23+,39-22?. The van der Waals surface area contributed by atoms with Gasteiger partial charge >= 0.3 is 0 Å². The first kappa shape index (κ1) is 32.9. The molecule has 0 atom stereocenters. The van der Waals surface area contributed by atoms with Gasteiger partial charge in [0.05, 0.1) is 11.3 Å². The van der Waals surface area contributed by atoms with Gasteiger partial charge in [-0.3, -0.25) is 9.59 Å². The number of anilines is 2. The highest BCUT2D eigenvalue weighted by Crippen LogP contribution is 2.32. The molecule has 3 aromatic carbocycles. The first-order valence-corrected chi connectivity index (χ1v) is 16.0. The molecule has 4 N–H and O–H groups in total. The molecule has 1 fully saturated rings. The fourth-order valence-corrected chi connectivity index (χ4v) is 5.64. The summed E-state index contributed by atoms with van der Waals surface area (Å²) in [6, 6.07) is 27.0. The molecule has 5 rings (SSSR count). The summed E-state index contributed by atoms with van der Waals surface area (Å²) in [5.74, 6) is 1.09. The molecule has 0 bridgehead atoms. The highest BCUT2D eigenvalue weighted by atomic mass is 16.5. The Balaban J connectivity index is 1.29. The molecule has 0 saturated carbocycles. The number of benzene rings is 3. The SMILES string of the molecule is CN/C=C(\C=N)c1ccc(C2CCN(C(=O)c3ccc(OCc4ccccc4)c(NC(=O)c4ccc(NC(C)C)nc4)c3)CC2)cc1. The molecule has 1 aliphatic rings. The Morgan fingerprint density at radius 2 is 1.66 bits per heavy atom. The lowest BCUT2D eigenvalue weighted by Gasteiger charge is -2.32. The second kappa shape index (κ2) is 15.7. The smallest absolute Gasteiger partial charge is 0.257 e. The van der Waals surface area contributed by atoms with Gasteiger partial charge in [-0.1, -0.05) is 54.6 Å². The van der Waals surface area contributed by atoms with Crippen LogP contribution in [0.2, 0.25) is 0 Å². The van der Waals surface area contributed by atoms with E-state index in [1.807, 2.05) is 74.5 Å². The van der Waals surface area contributed by atoms with Crippen molar-refractivity contribution in [2.24, 2.45) is 0 Å². The zero-order chi connectivity index (χ0) is 33.2. The molecule has 9 heteroatoms. The molecule has 9 nitrogen and oxygen atoms in total. The maximum Gasteiger partial charge on any atom is 0.257 e. The number of hydrogen-bond acceptors (Lipinski definition) is 7. The number of nitrogens with one attached hydrogen (secondary N) is 4. The first-order valence-electron chi connectivity index (χ1n) is 16.0.